The van der Waals surface area contributed by atoms with Crippen molar-refractivity contribution in [2.24, 2.45) is 5.92 Å². The van der Waals surface area contributed by atoms with Gasteiger partial charge in [-0.25, -0.2) is 8.78 Å². The van der Waals surface area contributed by atoms with E-state index in [1.165, 1.54) is 0 Å². The molecule has 1 atom stereocenters. The van der Waals surface area contributed by atoms with Gasteiger partial charge in [0.25, 0.3) is 0 Å². The van der Waals surface area contributed by atoms with Gasteiger partial charge >= 0.3 is 0 Å². The lowest BCUT2D eigenvalue weighted by Gasteiger charge is -2.15. The van der Waals surface area contributed by atoms with Crippen molar-refractivity contribution < 1.29 is 8.78 Å². The summed E-state index contributed by atoms with van der Waals surface area (Å²) in [5.41, 5.74) is 0.433. The van der Waals surface area contributed by atoms with Gasteiger partial charge in [0.1, 0.15) is 0 Å². The van der Waals surface area contributed by atoms with Gasteiger partial charge in [0.15, 0.2) is 11.6 Å². The topological polar surface area (TPSA) is 0 Å². The second-order valence-electron chi connectivity index (χ2n) is 3.43. The number of benzene rings is 1. The average Bonchev–Trinajstić information content (AvgIpc) is 2.10. The Bertz CT molecular complexity index is 337. The number of hydrogen-bond acceptors (Lipinski definition) is 0. The molecule has 0 bridgehead atoms. The lowest BCUT2D eigenvalue weighted by molar-refractivity contribution is 0.504. The molecular formula is C10H10Cl2F2. The van der Waals surface area contributed by atoms with Crippen LogP contribution in [0.3, 0.4) is 0 Å². The number of rotatable bonds is 2. The Morgan fingerprint density at radius 2 is 1.64 bits per heavy atom. The molecule has 0 amide bonds. The summed E-state index contributed by atoms with van der Waals surface area (Å²) < 4.78 is 25.6. The third-order valence-corrected chi connectivity index (χ3v) is 2.99. The first-order valence-electron chi connectivity index (χ1n) is 4.22. The van der Waals surface area contributed by atoms with Gasteiger partial charge in [-0.05, 0) is 23.6 Å². The van der Waals surface area contributed by atoms with E-state index in [0.29, 0.717) is 5.56 Å². The van der Waals surface area contributed by atoms with Crippen LogP contribution >= 0.6 is 23.2 Å². The summed E-state index contributed by atoms with van der Waals surface area (Å²) >= 11 is 11.7. The largest absolute Gasteiger partial charge is 0.204 e. The predicted octanol–water partition coefficient (Wildman–Crippen LogP) is 4.55. The molecule has 4 heteroatoms. The van der Waals surface area contributed by atoms with E-state index in [2.05, 4.69) is 0 Å². The second-order valence-corrected chi connectivity index (χ2v) is 4.31. The van der Waals surface area contributed by atoms with Gasteiger partial charge < -0.3 is 0 Å². The summed E-state index contributed by atoms with van der Waals surface area (Å²) in [6, 6.07) is 2.00. The SMILES string of the molecule is CC(C)C(Cl)c1cc(F)c(F)cc1Cl. The van der Waals surface area contributed by atoms with Gasteiger partial charge in [-0.1, -0.05) is 25.4 Å². The molecule has 0 fully saturated rings. The van der Waals surface area contributed by atoms with Crippen molar-refractivity contribution in [3.63, 3.8) is 0 Å². The average molecular weight is 239 g/mol. The van der Waals surface area contributed by atoms with Crippen LogP contribution in [0.1, 0.15) is 24.8 Å². The third kappa shape index (κ3) is 2.37. The van der Waals surface area contributed by atoms with E-state index in [-0.39, 0.29) is 10.9 Å². The molecule has 1 aromatic carbocycles. The maximum absolute atomic E-state index is 12.9. The van der Waals surface area contributed by atoms with Crippen LogP contribution in [0.4, 0.5) is 8.78 Å². The molecule has 0 saturated heterocycles. The normalized spacial score (nSPS) is 13.4. The molecule has 1 aromatic rings. The molecule has 0 radical (unpaired) electrons. The van der Waals surface area contributed by atoms with Crippen LogP contribution in [-0.2, 0) is 0 Å². The maximum Gasteiger partial charge on any atom is 0.160 e. The lowest BCUT2D eigenvalue weighted by Crippen LogP contribution is -2.01. The quantitative estimate of drug-likeness (QED) is 0.524. The Balaban J connectivity index is 3.15. The van der Waals surface area contributed by atoms with Gasteiger partial charge in [0.05, 0.1) is 5.38 Å². The highest BCUT2D eigenvalue weighted by molar-refractivity contribution is 6.32. The molecule has 0 aliphatic carbocycles. The second kappa shape index (κ2) is 4.45. The molecule has 0 heterocycles. The van der Waals surface area contributed by atoms with Crippen LogP contribution in [0.15, 0.2) is 12.1 Å². The minimum absolute atomic E-state index is 0.110. The van der Waals surface area contributed by atoms with Gasteiger partial charge in [-0.3, -0.25) is 0 Å². The summed E-state index contributed by atoms with van der Waals surface area (Å²) in [7, 11) is 0. The Labute approximate surface area is 91.8 Å². The Hall–Kier alpha value is -0.340. The lowest BCUT2D eigenvalue weighted by atomic mass is 10.0. The summed E-state index contributed by atoms with van der Waals surface area (Å²) in [5.74, 6) is -1.76. The van der Waals surface area contributed by atoms with E-state index in [9.17, 15) is 8.78 Å². The minimum Gasteiger partial charge on any atom is -0.204 e. The highest BCUT2D eigenvalue weighted by atomic mass is 35.5. The minimum atomic E-state index is -0.952. The van der Waals surface area contributed by atoms with Crippen LogP contribution in [0, 0.1) is 17.6 Å². The fourth-order valence-electron chi connectivity index (χ4n) is 1.11. The van der Waals surface area contributed by atoms with Crippen LogP contribution in [0.25, 0.3) is 0 Å². The predicted molar refractivity (Wildman–Crippen MR) is 54.8 cm³/mol. The van der Waals surface area contributed by atoms with E-state index >= 15 is 0 Å². The molecule has 1 rings (SSSR count). The number of alkyl halides is 1. The van der Waals surface area contributed by atoms with Crippen molar-refractivity contribution in [3.8, 4) is 0 Å². The van der Waals surface area contributed by atoms with Crippen molar-refractivity contribution in [3.05, 3.63) is 34.4 Å². The summed E-state index contributed by atoms with van der Waals surface area (Å²) in [6.07, 6.45) is 0. The van der Waals surface area contributed by atoms with Gasteiger partial charge in [0, 0.05) is 5.02 Å². The van der Waals surface area contributed by atoms with Crippen molar-refractivity contribution in [2.45, 2.75) is 19.2 Å². The molecule has 0 saturated carbocycles. The van der Waals surface area contributed by atoms with E-state index in [1.54, 1.807) is 0 Å². The van der Waals surface area contributed by atoms with Gasteiger partial charge in [-0.15, -0.1) is 11.6 Å². The molecule has 0 aliphatic heterocycles. The van der Waals surface area contributed by atoms with Crippen LogP contribution in [-0.4, -0.2) is 0 Å². The first-order chi connectivity index (χ1) is 6.43. The van der Waals surface area contributed by atoms with Gasteiger partial charge in [0.2, 0.25) is 0 Å². The van der Waals surface area contributed by atoms with Crippen LogP contribution in [0.2, 0.25) is 5.02 Å². The summed E-state index contributed by atoms with van der Waals surface area (Å²) in [6.45, 7) is 3.77. The molecule has 14 heavy (non-hydrogen) atoms. The molecule has 1 unspecified atom stereocenters. The zero-order valence-electron chi connectivity index (χ0n) is 7.82. The van der Waals surface area contributed by atoms with Crippen molar-refractivity contribution in [2.75, 3.05) is 0 Å². The standard InChI is InChI=1S/C10H10Cl2F2/c1-5(2)10(12)6-3-8(13)9(14)4-7(6)11/h3-5,10H,1-2H3. The Kier molecular flexibility index (Phi) is 3.73. The first kappa shape index (κ1) is 11.7. The fraction of sp³-hybridized carbons (Fsp3) is 0.400. The molecule has 0 spiro atoms. The molecule has 78 valence electrons. The summed E-state index contributed by atoms with van der Waals surface area (Å²) in [5, 5.41) is -0.241. The first-order valence-corrected chi connectivity index (χ1v) is 5.03. The Morgan fingerprint density at radius 3 is 2.14 bits per heavy atom. The van der Waals surface area contributed by atoms with Crippen molar-refractivity contribution >= 4 is 23.2 Å². The fourth-order valence-corrected chi connectivity index (χ4v) is 1.61. The molecule has 0 aromatic heterocycles. The smallest absolute Gasteiger partial charge is 0.160 e. The van der Waals surface area contributed by atoms with Gasteiger partial charge in [-0.2, -0.15) is 0 Å². The van der Waals surface area contributed by atoms with Crippen LogP contribution in [0.5, 0.6) is 0 Å². The molecule has 0 N–H and O–H groups in total. The van der Waals surface area contributed by atoms with E-state index < -0.39 is 17.0 Å². The molecular weight excluding hydrogens is 229 g/mol. The van der Waals surface area contributed by atoms with Crippen molar-refractivity contribution in [1.29, 1.82) is 0 Å². The number of hydrogen-bond donors (Lipinski definition) is 0. The highest BCUT2D eigenvalue weighted by Crippen LogP contribution is 2.34. The zero-order valence-corrected chi connectivity index (χ0v) is 9.33. The highest BCUT2D eigenvalue weighted by Gasteiger charge is 2.18. The van der Waals surface area contributed by atoms with E-state index in [4.69, 9.17) is 23.2 Å². The van der Waals surface area contributed by atoms with Crippen molar-refractivity contribution in [1.82, 2.24) is 0 Å². The maximum atomic E-state index is 12.9. The van der Waals surface area contributed by atoms with E-state index in [1.807, 2.05) is 13.8 Å². The van der Waals surface area contributed by atoms with E-state index in [0.717, 1.165) is 12.1 Å². The Morgan fingerprint density at radius 1 is 1.14 bits per heavy atom. The molecule has 0 aliphatic rings. The third-order valence-electron chi connectivity index (χ3n) is 1.92. The molecule has 0 nitrogen and oxygen atoms in total. The zero-order chi connectivity index (χ0) is 10.9. The van der Waals surface area contributed by atoms with Crippen LogP contribution < -0.4 is 0 Å². The summed E-state index contributed by atoms with van der Waals surface area (Å²) in [4.78, 5) is 0. The monoisotopic (exact) mass is 238 g/mol. The number of halogens is 4.